The fraction of sp³-hybridized carbons (Fsp3) is 0.333. The smallest absolute Gasteiger partial charge is 0.264 e. The summed E-state index contributed by atoms with van der Waals surface area (Å²) in [6, 6.07) is 15.4. The summed E-state index contributed by atoms with van der Waals surface area (Å²) in [5.41, 5.74) is 1.62. The summed E-state index contributed by atoms with van der Waals surface area (Å²) in [4.78, 5) is 28.1. The molecule has 0 spiro atoms. The molecule has 1 N–H and O–H groups in total. The van der Waals surface area contributed by atoms with E-state index in [4.69, 9.17) is 9.47 Å². The van der Waals surface area contributed by atoms with Crippen molar-refractivity contribution >= 4 is 27.5 Å². The molecular formula is C30H36FN3O6S. The van der Waals surface area contributed by atoms with E-state index in [1.807, 2.05) is 13.8 Å². The predicted molar refractivity (Wildman–Crippen MR) is 155 cm³/mol. The van der Waals surface area contributed by atoms with E-state index in [0.717, 1.165) is 9.87 Å². The number of methoxy groups -OCH3 is 2. The van der Waals surface area contributed by atoms with Gasteiger partial charge in [-0.25, -0.2) is 12.8 Å². The van der Waals surface area contributed by atoms with Gasteiger partial charge in [-0.1, -0.05) is 36.8 Å². The van der Waals surface area contributed by atoms with Crippen LogP contribution in [-0.4, -0.2) is 58.5 Å². The van der Waals surface area contributed by atoms with Gasteiger partial charge >= 0.3 is 0 Å². The highest BCUT2D eigenvalue weighted by atomic mass is 32.2. The molecule has 0 aliphatic heterocycles. The van der Waals surface area contributed by atoms with Crippen molar-refractivity contribution in [1.82, 2.24) is 10.2 Å². The first-order valence-corrected chi connectivity index (χ1v) is 14.6. The van der Waals surface area contributed by atoms with Gasteiger partial charge in [-0.05, 0) is 62.2 Å². The minimum absolute atomic E-state index is 0.00972. The van der Waals surface area contributed by atoms with Gasteiger partial charge in [0, 0.05) is 19.2 Å². The Labute approximate surface area is 240 Å². The second-order valence-corrected chi connectivity index (χ2v) is 11.3. The van der Waals surface area contributed by atoms with Gasteiger partial charge in [0.2, 0.25) is 11.8 Å². The molecule has 3 aromatic rings. The van der Waals surface area contributed by atoms with E-state index in [-0.39, 0.29) is 28.8 Å². The highest BCUT2D eigenvalue weighted by Gasteiger charge is 2.33. The summed E-state index contributed by atoms with van der Waals surface area (Å²) in [6.45, 7) is 5.08. The lowest BCUT2D eigenvalue weighted by atomic mass is 10.1. The van der Waals surface area contributed by atoms with Crippen molar-refractivity contribution in [2.75, 3.05) is 31.6 Å². The van der Waals surface area contributed by atoms with Crippen molar-refractivity contribution in [3.05, 3.63) is 83.7 Å². The van der Waals surface area contributed by atoms with E-state index >= 15 is 0 Å². The number of anilines is 1. The Bertz CT molecular complexity index is 1450. The highest BCUT2D eigenvalue weighted by Crippen LogP contribution is 2.34. The molecule has 0 radical (unpaired) electrons. The van der Waals surface area contributed by atoms with Crippen LogP contribution in [0, 0.1) is 12.7 Å². The van der Waals surface area contributed by atoms with Crippen LogP contribution >= 0.6 is 0 Å². The molecule has 41 heavy (non-hydrogen) atoms. The number of halogens is 1. The monoisotopic (exact) mass is 585 g/mol. The first kappa shape index (κ1) is 31.4. The van der Waals surface area contributed by atoms with E-state index in [2.05, 4.69) is 5.32 Å². The second-order valence-electron chi connectivity index (χ2n) is 9.48. The lowest BCUT2D eigenvalue weighted by Gasteiger charge is -2.32. The van der Waals surface area contributed by atoms with Crippen molar-refractivity contribution in [2.45, 2.75) is 44.7 Å². The van der Waals surface area contributed by atoms with E-state index in [1.54, 1.807) is 25.1 Å². The van der Waals surface area contributed by atoms with Gasteiger partial charge in [-0.3, -0.25) is 13.9 Å². The number of ether oxygens (including phenoxy) is 2. The van der Waals surface area contributed by atoms with Crippen molar-refractivity contribution in [3.8, 4) is 11.5 Å². The molecule has 0 saturated carbocycles. The van der Waals surface area contributed by atoms with Crippen LogP contribution in [0.25, 0.3) is 0 Å². The number of carbonyl (C=O) groups is 2. The van der Waals surface area contributed by atoms with E-state index < -0.39 is 34.3 Å². The minimum Gasteiger partial charge on any atom is -0.493 e. The van der Waals surface area contributed by atoms with E-state index in [0.29, 0.717) is 24.3 Å². The largest absolute Gasteiger partial charge is 0.493 e. The van der Waals surface area contributed by atoms with Crippen molar-refractivity contribution < 1.29 is 31.9 Å². The molecule has 0 bridgehead atoms. The first-order valence-electron chi connectivity index (χ1n) is 13.1. The van der Waals surface area contributed by atoms with Crippen LogP contribution in [0.1, 0.15) is 31.4 Å². The molecule has 0 heterocycles. The average molecular weight is 586 g/mol. The Kier molecular flexibility index (Phi) is 10.7. The molecular weight excluding hydrogens is 549 g/mol. The number of amides is 2. The third-order valence-electron chi connectivity index (χ3n) is 6.53. The lowest BCUT2D eigenvalue weighted by Crippen LogP contribution is -2.51. The molecule has 0 aliphatic rings. The third-order valence-corrected chi connectivity index (χ3v) is 8.31. The quantitative estimate of drug-likeness (QED) is 0.321. The molecule has 0 saturated heterocycles. The molecule has 220 valence electrons. The van der Waals surface area contributed by atoms with Gasteiger partial charge in [0.05, 0.1) is 24.8 Å². The maximum Gasteiger partial charge on any atom is 0.264 e. The zero-order valence-corrected chi connectivity index (χ0v) is 24.7. The van der Waals surface area contributed by atoms with Crippen LogP contribution in [0.15, 0.2) is 71.6 Å². The molecule has 3 rings (SSSR count). The number of hydrogen-bond donors (Lipinski definition) is 1. The third kappa shape index (κ3) is 7.75. The van der Waals surface area contributed by atoms with Crippen molar-refractivity contribution in [3.63, 3.8) is 0 Å². The molecule has 0 aliphatic carbocycles. The van der Waals surface area contributed by atoms with Gasteiger partial charge in [-0.2, -0.15) is 0 Å². The zero-order valence-electron chi connectivity index (χ0n) is 23.9. The molecule has 0 fully saturated rings. The topological polar surface area (TPSA) is 105 Å². The molecule has 2 amide bonds. The van der Waals surface area contributed by atoms with Gasteiger partial charge < -0.3 is 19.7 Å². The van der Waals surface area contributed by atoms with Gasteiger partial charge in [-0.15, -0.1) is 0 Å². The van der Waals surface area contributed by atoms with Crippen LogP contribution in [-0.2, 0) is 26.2 Å². The Morgan fingerprint density at radius 3 is 2.17 bits per heavy atom. The molecule has 3 aromatic carbocycles. The number of benzene rings is 3. The zero-order chi connectivity index (χ0) is 30.2. The highest BCUT2D eigenvalue weighted by molar-refractivity contribution is 7.92. The normalized spacial score (nSPS) is 11.9. The van der Waals surface area contributed by atoms with Gasteiger partial charge in [0.1, 0.15) is 18.4 Å². The number of nitrogens with one attached hydrogen (secondary N) is 1. The number of nitrogens with zero attached hydrogens (tertiary/aromatic N) is 2. The fourth-order valence-corrected chi connectivity index (χ4v) is 5.52. The molecule has 0 aromatic heterocycles. The Morgan fingerprint density at radius 1 is 0.951 bits per heavy atom. The number of sulfonamides is 1. The number of rotatable bonds is 13. The average Bonchev–Trinajstić information content (AvgIpc) is 2.97. The minimum atomic E-state index is -4.24. The molecule has 1 atom stereocenters. The summed E-state index contributed by atoms with van der Waals surface area (Å²) in [5.74, 6) is -0.795. The maximum atomic E-state index is 14.0. The maximum absolute atomic E-state index is 14.0. The Hall–Kier alpha value is -4.12. The van der Waals surface area contributed by atoms with Crippen molar-refractivity contribution in [2.24, 2.45) is 0 Å². The number of carbonyl (C=O) groups excluding carboxylic acids is 2. The van der Waals surface area contributed by atoms with Crippen LogP contribution < -0.4 is 19.1 Å². The Balaban J connectivity index is 2.07. The van der Waals surface area contributed by atoms with Crippen LogP contribution in [0.3, 0.4) is 0 Å². The Morgan fingerprint density at radius 2 is 1.59 bits per heavy atom. The summed E-state index contributed by atoms with van der Waals surface area (Å²) < 4.78 is 53.1. The van der Waals surface area contributed by atoms with E-state index in [9.17, 15) is 22.4 Å². The molecule has 9 nitrogen and oxygen atoms in total. The second kappa shape index (κ2) is 14.0. The summed E-state index contributed by atoms with van der Waals surface area (Å²) in [7, 11) is -1.36. The van der Waals surface area contributed by atoms with E-state index in [1.165, 1.54) is 67.7 Å². The van der Waals surface area contributed by atoms with Gasteiger partial charge in [0.15, 0.2) is 11.5 Å². The SMILES string of the molecule is CCCNC(=O)[C@@H](C)N(Cc1ccc(F)cc1)C(=O)CN(c1ccc(OC)c(OC)c1)S(=O)(=O)c1ccc(C)cc1. The summed E-state index contributed by atoms with van der Waals surface area (Å²) in [6.07, 6.45) is 0.701. The van der Waals surface area contributed by atoms with Crippen LogP contribution in [0.2, 0.25) is 0 Å². The first-order chi connectivity index (χ1) is 19.5. The predicted octanol–water partition coefficient (Wildman–Crippen LogP) is 4.29. The lowest BCUT2D eigenvalue weighted by molar-refractivity contribution is -0.139. The summed E-state index contributed by atoms with van der Waals surface area (Å²) >= 11 is 0. The standard InChI is InChI=1S/C30H36FN3O6S/c1-6-17-32-30(36)22(3)33(19-23-9-11-24(31)12-10-23)29(35)20-34(25-13-16-27(39-4)28(18-25)40-5)41(37,38)26-14-7-21(2)8-15-26/h7-16,18,22H,6,17,19-20H2,1-5H3,(H,32,36)/t22-/m1/s1. The van der Waals surface area contributed by atoms with Crippen LogP contribution in [0.4, 0.5) is 10.1 Å². The van der Waals surface area contributed by atoms with Crippen LogP contribution in [0.5, 0.6) is 11.5 Å². The van der Waals surface area contributed by atoms with Crippen molar-refractivity contribution in [1.29, 1.82) is 0 Å². The van der Waals surface area contributed by atoms with Gasteiger partial charge in [0.25, 0.3) is 10.0 Å². The fourth-order valence-electron chi connectivity index (χ4n) is 4.11. The molecule has 0 unspecified atom stereocenters. The summed E-state index contributed by atoms with van der Waals surface area (Å²) in [5, 5.41) is 2.78. The number of aryl methyl sites for hydroxylation is 1. The number of hydrogen-bond acceptors (Lipinski definition) is 6. The molecule has 11 heteroatoms.